The van der Waals surface area contributed by atoms with Gasteiger partial charge in [0, 0.05) is 17.5 Å². The summed E-state index contributed by atoms with van der Waals surface area (Å²) >= 11 is 1.11. The highest BCUT2D eigenvalue weighted by Gasteiger charge is 2.13. The number of ether oxygens (including phenoxy) is 1. The quantitative estimate of drug-likeness (QED) is 0.438. The summed E-state index contributed by atoms with van der Waals surface area (Å²) in [5, 5.41) is 15.1. The van der Waals surface area contributed by atoms with Gasteiger partial charge in [0.2, 0.25) is 5.91 Å². The number of nitrogens with zero attached hydrogens (tertiary/aromatic N) is 3. The van der Waals surface area contributed by atoms with Crippen molar-refractivity contribution in [2.75, 3.05) is 11.9 Å². The van der Waals surface area contributed by atoms with Crippen molar-refractivity contribution < 1.29 is 19.2 Å². The highest BCUT2D eigenvalue weighted by atomic mass is 32.1. The summed E-state index contributed by atoms with van der Waals surface area (Å²) in [6.07, 6.45) is 0.987. The van der Waals surface area contributed by atoms with Crippen molar-refractivity contribution >= 4 is 34.0 Å². The minimum Gasteiger partial charge on any atom is -0.466 e. The van der Waals surface area contributed by atoms with Crippen molar-refractivity contribution in [2.24, 2.45) is 0 Å². The van der Waals surface area contributed by atoms with Gasteiger partial charge in [-0.15, -0.1) is 11.3 Å². The Hall–Kier alpha value is -3.08. The molecule has 11 heteroatoms. The van der Waals surface area contributed by atoms with Crippen molar-refractivity contribution in [3.8, 4) is 0 Å². The summed E-state index contributed by atoms with van der Waals surface area (Å²) in [6, 6.07) is 2.09. The first-order chi connectivity index (χ1) is 11.9. The Morgan fingerprint density at radius 1 is 1.44 bits per heavy atom. The number of hydrogen-bond acceptors (Lipinski definition) is 8. The number of pyridine rings is 1. The number of nitrogens with one attached hydrogen (secondary N) is 1. The topological polar surface area (TPSA) is 133 Å². The third-order valence-electron chi connectivity index (χ3n) is 2.92. The zero-order valence-electron chi connectivity index (χ0n) is 13.1. The maximum absolute atomic E-state index is 12.0. The Kier molecular flexibility index (Phi) is 5.95. The van der Waals surface area contributed by atoms with Crippen LogP contribution in [-0.2, 0) is 27.3 Å². The van der Waals surface area contributed by atoms with Crippen LogP contribution in [-0.4, -0.2) is 33.0 Å². The maximum atomic E-state index is 12.0. The molecule has 132 valence electrons. The first kappa shape index (κ1) is 18.3. The third kappa shape index (κ3) is 5.21. The van der Waals surface area contributed by atoms with Gasteiger partial charge in [0.15, 0.2) is 5.13 Å². The monoisotopic (exact) mass is 366 g/mol. The SMILES string of the molecule is CCOC(=O)Cc1csc(NC(=O)Cn2cc([N+](=O)[O-])ccc2=O)n1. The molecule has 2 aromatic heterocycles. The molecule has 0 saturated carbocycles. The molecule has 0 aliphatic carbocycles. The number of nitro groups is 1. The van der Waals surface area contributed by atoms with Gasteiger partial charge in [-0.3, -0.25) is 29.1 Å². The molecule has 1 N–H and O–H groups in total. The average Bonchev–Trinajstić information content (AvgIpc) is 2.96. The Morgan fingerprint density at radius 3 is 2.88 bits per heavy atom. The molecule has 0 spiro atoms. The van der Waals surface area contributed by atoms with Gasteiger partial charge in [-0.1, -0.05) is 0 Å². The number of aromatic nitrogens is 2. The molecule has 10 nitrogen and oxygen atoms in total. The van der Waals surface area contributed by atoms with Crippen molar-refractivity contribution in [3.63, 3.8) is 0 Å². The van der Waals surface area contributed by atoms with E-state index in [4.69, 9.17) is 4.74 Å². The summed E-state index contributed by atoms with van der Waals surface area (Å²) in [4.78, 5) is 49.2. The van der Waals surface area contributed by atoms with Gasteiger partial charge in [0.05, 0.1) is 29.8 Å². The van der Waals surface area contributed by atoms with Crippen LogP contribution in [0, 0.1) is 10.1 Å². The summed E-state index contributed by atoms with van der Waals surface area (Å²) in [5.74, 6) is -0.992. The number of amides is 1. The van der Waals surface area contributed by atoms with Crippen LogP contribution in [0.5, 0.6) is 0 Å². The fraction of sp³-hybridized carbons (Fsp3) is 0.286. The smallest absolute Gasteiger partial charge is 0.311 e. The molecule has 0 atom stereocenters. The van der Waals surface area contributed by atoms with E-state index >= 15 is 0 Å². The third-order valence-corrected chi connectivity index (χ3v) is 3.73. The lowest BCUT2D eigenvalue weighted by molar-refractivity contribution is -0.385. The predicted octanol–water partition coefficient (Wildman–Crippen LogP) is 0.957. The Labute approximate surface area is 145 Å². The molecule has 0 aliphatic heterocycles. The van der Waals surface area contributed by atoms with Crippen LogP contribution in [0.4, 0.5) is 10.8 Å². The molecule has 0 aliphatic rings. The Balaban J connectivity index is 2.00. The van der Waals surface area contributed by atoms with Crippen LogP contribution in [0.25, 0.3) is 0 Å². The van der Waals surface area contributed by atoms with Crippen LogP contribution in [0.2, 0.25) is 0 Å². The molecular weight excluding hydrogens is 352 g/mol. The van der Waals surface area contributed by atoms with E-state index in [0.29, 0.717) is 5.69 Å². The number of carbonyl (C=O) groups excluding carboxylic acids is 2. The van der Waals surface area contributed by atoms with Crippen LogP contribution >= 0.6 is 11.3 Å². The lowest BCUT2D eigenvalue weighted by atomic mass is 10.3. The summed E-state index contributed by atoms with van der Waals surface area (Å²) < 4.78 is 5.74. The Bertz CT molecular complexity index is 859. The second kappa shape index (κ2) is 8.15. The molecule has 0 bridgehead atoms. The molecule has 0 saturated heterocycles. The highest BCUT2D eigenvalue weighted by molar-refractivity contribution is 7.13. The number of rotatable bonds is 7. The maximum Gasteiger partial charge on any atom is 0.311 e. The first-order valence-corrected chi connectivity index (χ1v) is 8.01. The van der Waals surface area contributed by atoms with Crippen molar-refractivity contribution in [3.05, 3.63) is 49.9 Å². The highest BCUT2D eigenvalue weighted by Crippen LogP contribution is 2.16. The van der Waals surface area contributed by atoms with E-state index in [0.717, 1.165) is 34.2 Å². The van der Waals surface area contributed by atoms with Crippen LogP contribution in [0.15, 0.2) is 28.5 Å². The minimum absolute atomic E-state index is 0.00938. The Morgan fingerprint density at radius 2 is 2.20 bits per heavy atom. The number of carbonyl (C=O) groups is 2. The number of esters is 1. The van der Waals surface area contributed by atoms with Gasteiger partial charge in [-0.25, -0.2) is 4.98 Å². The molecule has 0 radical (unpaired) electrons. The van der Waals surface area contributed by atoms with Crippen LogP contribution < -0.4 is 10.9 Å². The lowest BCUT2D eigenvalue weighted by Crippen LogP contribution is -2.26. The zero-order chi connectivity index (χ0) is 18.4. The lowest BCUT2D eigenvalue weighted by Gasteiger charge is -2.05. The number of anilines is 1. The fourth-order valence-corrected chi connectivity index (χ4v) is 2.60. The van der Waals surface area contributed by atoms with Crippen molar-refractivity contribution in [1.29, 1.82) is 0 Å². The second-order valence-corrected chi connectivity index (χ2v) is 5.64. The first-order valence-electron chi connectivity index (χ1n) is 7.13. The van der Waals surface area contributed by atoms with Gasteiger partial charge in [-0.05, 0) is 6.92 Å². The zero-order valence-corrected chi connectivity index (χ0v) is 13.9. The fourth-order valence-electron chi connectivity index (χ4n) is 1.87. The molecule has 0 aromatic carbocycles. The molecule has 25 heavy (non-hydrogen) atoms. The molecule has 2 aromatic rings. The van der Waals surface area contributed by atoms with E-state index < -0.39 is 28.9 Å². The molecule has 0 fully saturated rings. The number of hydrogen-bond donors (Lipinski definition) is 1. The van der Waals surface area contributed by atoms with Gasteiger partial charge in [-0.2, -0.15) is 0 Å². The predicted molar refractivity (Wildman–Crippen MR) is 88.4 cm³/mol. The molecular formula is C14H14N4O6S. The average molecular weight is 366 g/mol. The van der Waals surface area contributed by atoms with Crippen LogP contribution in [0.1, 0.15) is 12.6 Å². The van der Waals surface area contributed by atoms with E-state index in [1.807, 2.05) is 0 Å². The van der Waals surface area contributed by atoms with Gasteiger partial charge < -0.3 is 10.1 Å². The van der Waals surface area contributed by atoms with Crippen LogP contribution in [0.3, 0.4) is 0 Å². The van der Waals surface area contributed by atoms with Gasteiger partial charge in [0.1, 0.15) is 6.54 Å². The minimum atomic E-state index is -0.656. The normalized spacial score (nSPS) is 10.3. The molecule has 1 amide bonds. The van der Waals surface area contributed by atoms with Gasteiger partial charge in [0.25, 0.3) is 11.2 Å². The van der Waals surface area contributed by atoms with Crippen molar-refractivity contribution in [2.45, 2.75) is 19.9 Å². The summed E-state index contributed by atoms with van der Waals surface area (Å²) in [5.41, 5.74) is -0.382. The van der Waals surface area contributed by atoms with E-state index in [1.54, 1.807) is 12.3 Å². The molecule has 0 unspecified atom stereocenters. The standard InChI is InChI=1S/C14H14N4O6S/c1-2-24-13(21)5-9-8-25-14(15-9)16-11(19)7-17-6-10(18(22)23)3-4-12(17)20/h3-4,6,8H,2,5,7H2,1H3,(H,15,16,19). The van der Waals surface area contributed by atoms with Crippen molar-refractivity contribution in [1.82, 2.24) is 9.55 Å². The van der Waals surface area contributed by atoms with E-state index in [2.05, 4.69) is 10.3 Å². The van der Waals surface area contributed by atoms with E-state index in [-0.39, 0.29) is 23.8 Å². The van der Waals surface area contributed by atoms with E-state index in [1.165, 1.54) is 0 Å². The number of thiazole rings is 1. The molecule has 2 rings (SSSR count). The van der Waals surface area contributed by atoms with E-state index in [9.17, 15) is 24.5 Å². The summed E-state index contributed by atoms with van der Waals surface area (Å²) in [6.45, 7) is 1.57. The summed E-state index contributed by atoms with van der Waals surface area (Å²) in [7, 11) is 0. The molecule has 2 heterocycles. The second-order valence-electron chi connectivity index (χ2n) is 4.78. The largest absolute Gasteiger partial charge is 0.466 e. The van der Waals surface area contributed by atoms with Gasteiger partial charge >= 0.3 is 5.97 Å².